The first-order valence-electron chi connectivity index (χ1n) is 11.1. The van der Waals surface area contributed by atoms with E-state index in [0.29, 0.717) is 13.0 Å². The van der Waals surface area contributed by atoms with Gasteiger partial charge in [-0.1, -0.05) is 70.5 Å². The van der Waals surface area contributed by atoms with Crippen molar-refractivity contribution in [1.82, 2.24) is 0 Å². The average Bonchev–Trinajstić information content (AvgIpc) is 2.83. The minimum Gasteiger partial charge on any atom is -0.487 e. The van der Waals surface area contributed by atoms with E-state index in [1.807, 2.05) is 31.2 Å². The van der Waals surface area contributed by atoms with E-state index in [4.69, 9.17) is 4.74 Å². The molecule has 35 heavy (non-hydrogen) atoms. The van der Waals surface area contributed by atoms with Crippen LogP contribution in [-0.4, -0.2) is 43.6 Å². The van der Waals surface area contributed by atoms with Crippen molar-refractivity contribution in [2.75, 3.05) is 31.8 Å². The van der Waals surface area contributed by atoms with Crippen LogP contribution in [0.1, 0.15) is 29.5 Å². The molecule has 0 spiro atoms. The van der Waals surface area contributed by atoms with Gasteiger partial charge in [-0.2, -0.15) is 35.9 Å². The number of rotatable bonds is 11. The zero-order valence-corrected chi connectivity index (χ0v) is 25.1. The number of esters is 1. The van der Waals surface area contributed by atoms with Crippen molar-refractivity contribution in [3.05, 3.63) is 90.3 Å². The number of methoxy groups -OCH3 is 1. The number of carbonyl (C=O) groups is 2. The molecule has 1 radical (unpaired) electrons. The summed E-state index contributed by atoms with van der Waals surface area (Å²) in [6.07, 6.45) is 0.474. The Morgan fingerprint density at radius 2 is 1.60 bits per heavy atom. The summed E-state index contributed by atoms with van der Waals surface area (Å²) in [5.41, 5.74) is 3.39. The van der Waals surface area contributed by atoms with Gasteiger partial charge in [0.25, 0.3) is 0 Å². The van der Waals surface area contributed by atoms with E-state index in [2.05, 4.69) is 61.0 Å². The number of Topliss-reactive ketones (excluding diaryl/α,β-unsaturated/α-hetero) is 1. The summed E-state index contributed by atoms with van der Waals surface area (Å²) < 4.78 is 9.49. The van der Waals surface area contributed by atoms with Gasteiger partial charge in [0.05, 0.1) is 13.2 Å². The number of aryl methyl sites for hydroxylation is 1. The van der Waals surface area contributed by atoms with E-state index in [0.717, 1.165) is 29.2 Å². The van der Waals surface area contributed by atoms with Crippen LogP contribution in [0.3, 0.4) is 0 Å². The topological polar surface area (TPSA) is 52.6 Å². The molecule has 0 fully saturated rings. The van der Waals surface area contributed by atoms with Crippen LogP contribution in [0.25, 0.3) is 10.8 Å². The molecular weight excluding hydrogens is 553 g/mol. The molecule has 3 aromatic carbocycles. The van der Waals surface area contributed by atoms with Crippen LogP contribution < -0.4 is 0 Å². The molecule has 3 aromatic rings. The summed E-state index contributed by atoms with van der Waals surface area (Å²) in [4.78, 5) is 22.7. The Morgan fingerprint density at radius 3 is 2.26 bits per heavy atom. The fraction of sp³-hybridized carbons (Fsp3) is 0.321. The van der Waals surface area contributed by atoms with Gasteiger partial charge in [-0.15, -0.1) is 0 Å². The maximum absolute atomic E-state index is 12.5. The molecule has 0 bridgehead atoms. The Labute approximate surface area is 242 Å². The van der Waals surface area contributed by atoms with Crippen LogP contribution in [0.5, 0.6) is 0 Å². The zero-order valence-electron chi connectivity index (χ0n) is 20.6. The molecule has 0 saturated carbocycles. The van der Waals surface area contributed by atoms with Crippen LogP contribution in [0.15, 0.2) is 60.7 Å². The first-order valence-corrected chi connectivity index (χ1v) is 13.6. The molecule has 7 heteroatoms. The van der Waals surface area contributed by atoms with Crippen molar-refractivity contribution in [2.45, 2.75) is 26.2 Å². The van der Waals surface area contributed by atoms with E-state index in [1.54, 1.807) is 28.7 Å². The van der Waals surface area contributed by atoms with Gasteiger partial charge in [0.1, 0.15) is 5.78 Å². The van der Waals surface area contributed by atoms with Crippen LogP contribution in [-0.2, 0) is 58.2 Å². The van der Waals surface area contributed by atoms with Gasteiger partial charge < -0.3 is 9.47 Å². The molecule has 185 valence electrons. The number of hydrogen-bond acceptors (Lipinski definition) is 6. The van der Waals surface area contributed by atoms with Gasteiger partial charge in [-0.25, -0.2) is 0 Å². The summed E-state index contributed by atoms with van der Waals surface area (Å²) in [5, 5.41) is 2.42. The van der Waals surface area contributed by atoms with Gasteiger partial charge in [0, 0.05) is 63.7 Å². The largest absolute Gasteiger partial charge is 0.487 e. The molecule has 0 aliphatic heterocycles. The van der Waals surface area contributed by atoms with E-state index in [-0.39, 0.29) is 44.4 Å². The van der Waals surface area contributed by atoms with Crippen molar-refractivity contribution in [1.29, 1.82) is 0 Å². The minimum atomic E-state index is -0.461. The van der Waals surface area contributed by atoms with Crippen molar-refractivity contribution in [3.8, 4) is 0 Å². The normalized spacial score (nSPS) is 11.1. The number of ketones is 1. The van der Waals surface area contributed by atoms with Gasteiger partial charge in [0.2, 0.25) is 0 Å². The summed E-state index contributed by atoms with van der Waals surface area (Å²) in [7, 11) is 5.05. The predicted octanol–water partition coefficient (Wildman–Crippen LogP) is 6.25. The smallest absolute Gasteiger partial charge is 0.164 e. The van der Waals surface area contributed by atoms with Gasteiger partial charge in [-0.3, -0.25) is 16.5 Å². The Hall–Kier alpha value is -1.31. The molecule has 0 N–H and O–H groups in total. The molecule has 1 unspecified atom stereocenters. The third-order valence-corrected chi connectivity index (χ3v) is 7.39. The maximum atomic E-state index is 12.5. The third-order valence-electron chi connectivity index (χ3n) is 5.05. The number of benzene rings is 3. The number of hydrogen-bond donors (Lipinski definition) is 0. The van der Waals surface area contributed by atoms with E-state index in [9.17, 15) is 9.59 Å². The third kappa shape index (κ3) is 12.5. The number of ether oxygens (including phenoxy) is 2. The van der Waals surface area contributed by atoms with Crippen molar-refractivity contribution in [2.24, 2.45) is 0 Å². The summed E-state index contributed by atoms with van der Waals surface area (Å²) in [6, 6.07) is 23.3. The van der Waals surface area contributed by atoms with Gasteiger partial charge >= 0.3 is 0 Å². The molecule has 0 heterocycles. The first kappa shape index (κ1) is 31.7. The maximum Gasteiger partial charge on any atom is 0.164 e. The first-order chi connectivity index (χ1) is 16.4. The van der Waals surface area contributed by atoms with Crippen LogP contribution >= 0.6 is 21.6 Å². The Bertz CT molecular complexity index is 1040. The Balaban J connectivity index is 0.000000407. The SMILES string of the molecule is Cc1ccc2cc(C(C)C(=O)Cc3cc[c-]cc3)ccc2c1.[CH2-]C(=O)OCCSSCCOC.[Y]. The second-order valence-corrected chi connectivity index (χ2v) is 10.4. The Morgan fingerprint density at radius 1 is 0.971 bits per heavy atom. The van der Waals surface area contributed by atoms with Crippen LogP contribution in [0.4, 0.5) is 0 Å². The zero-order chi connectivity index (χ0) is 24.8. The fourth-order valence-electron chi connectivity index (χ4n) is 3.16. The molecular formula is C28H32O4S2Y-2. The molecule has 4 nitrogen and oxygen atoms in total. The average molecular weight is 586 g/mol. The summed E-state index contributed by atoms with van der Waals surface area (Å²) in [5.74, 6) is 1.46. The molecule has 1 atom stereocenters. The van der Waals surface area contributed by atoms with E-state index >= 15 is 0 Å². The fourth-order valence-corrected chi connectivity index (χ4v) is 4.89. The molecule has 0 aliphatic rings. The van der Waals surface area contributed by atoms with Gasteiger partial charge in [0.15, 0.2) is 5.97 Å². The van der Waals surface area contributed by atoms with E-state index < -0.39 is 5.97 Å². The van der Waals surface area contributed by atoms with Crippen molar-refractivity contribution < 1.29 is 51.8 Å². The summed E-state index contributed by atoms with van der Waals surface area (Å²) >= 11 is 0. The Kier molecular flexibility index (Phi) is 16.3. The standard InChI is InChI=1S/C21H19O.C7H13O3S2.Y/c1-15-8-9-20-14-18(10-11-19(20)12-15)16(2)21(22)13-17-6-4-3-5-7-17;1-7(8)10-4-6-12-11-5-3-9-2;/h4-12,14,16H,13H2,1-2H3;1,3-6H2,2H3;/q2*-1;. The second-order valence-electron chi connectivity index (χ2n) is 7.74. The quantitative estimate of drug-likeness (QED) is 0.115. The number of carbonyl (C=O) groups excluding carboxylic acids is 2. The summed E-state index contributed by atoms with van der Waals surface area (Å²) in [6.45, 7) is 8.37. The predicted molar refractivity (Wildman–Crippen MR) is 144 cm³/mol. The molecule has 3 rings (SSSR count). The van der Waals surface area contributed by atoms with Crippen LogP contribution in [0.2, 0.25) is 0 Å². The van der Waals surface area contributed by atoms with Gasteiger partial charge in [-0.05, 0) is 23.3 Å². The minimum absolute atomic E-state index is 0. The van der Waals surface area contributed by atoms with E-state index in [1.165, 1.54) is 16.3 Å². The molecule has 0 saturated heterocycles. The van der Waals surface area contributed by atoms with Crippen LogP contribution in [0, 0.1) is 19.9 Å². The second kappa shape index (κ2) is 18.0. The monoisotopic (exact) mass is 585 g/mol. The molecule has 0 aliphatic carbocycles. The number of fused-ring (bicyclic) bond motifs is 1. The molecule has 0 aromatic heterocycles. The van der Waals surface area contributed by atoms with Crippen molar-refractivity contribution >= 4 is 44.1 Å². The molecule has 0 amide bonds. The van der Waals surface area contributed by atoms with Crippen molar-refractivity contribution in [3.63, 3.8) is 0 Å².